The maximum absolute atomic E-state index is 12.4. The molecule has 2 unspecified atom stereocenters. The first-order valence-electron chi connectivity index (χ1n) is 7.82. The summed E-state index contributed by atoms with van der Waals surface area (Å²) in [7, 11) is 0. The maximum Gasteiger partial charge on any atom is 0.317 e. The molecule has 0 bridgehead atoms. The molecule has 3 fully saturated rings. The third-order valence-electron chi connectivity index (χ3n) is 5.75. The van der Waals surface area contributed by atoms with Crippen LogP contribution >= 0.6 is 0 Å². The summed E-state index contributed by atoms with van der Waals surface area (Å²) >= 11 is 0. The second-order valence-electron chi connectivity index (χ2n) is 6.90. The zero-order chi connectivity index (χ0) is 14.3. The van der Waals surface area contributed by atoms with Gasteiger partial charge in [0.2, 0.25) is 0 Å². The van der Waals surface area contributed by atoms with E-state index in [4.69, 9.17) is 0 Å². The van der Waals surface area contributed by atoms with Gasteiger partial charge in [-0.2, -0.15) is 0 Å². The van der Waals surface area contributed by atoms with Crippen LogP contribution in [-0.2, 0) is 4.79 Å². The van der Waals surface area contributed by atoms with Crippen molar-refractivity contribution in [3.63, 3.8) is 0 Å². The minimum Gasteiger partial charge on any atom is -0.481 e. The van der Waals surface area contributed by atoms with E-state index in [9.17, 15) is 14.7 Å². The van der Waals surface area contributed by atoms with Gasteiger partial charge in [-0.15, -0.1) is 0 Å². The summed E-state index contributed by atoms with van der Waals surface area (Å²) in [4.78, 5) is 25.7. The molecule has 2 N–H and O–H groups in total. The van der Waals surface area contributed by atoms with Crippen LogP contribution in [0.1, 0.15) is 45.4 Å². The van der Waals surface area contributed by atoms with Crippen LogP contribution in [0.2, 0.25) is 0 Å². The standard InChI is InChI=1S/C15H24N2O3/c1-10-4-2-6-12(10)16-14(20)17-8-11-5-3-7-15(11,9-17)13(18)19/h10-12H,2-9H2,1H3,(H,16,20)(H,18,19)/t10?,11-,12?,15+/m0/s1. The van der Waals surface area contributed by atoms with Crippen molar-refractivity contribution in [2.75, 3.05) is 13.1 Å². The number of nitrogens with one attached hydrogen (secondary N) is 1. The monoisotopic (exact) mass is 280 g/mol. The summed E-state index contributed by atoms with van der Waals surface area (Å²) in [5, 5.41) is 12.7. The van der Waals surface area contributed by atoms with Gasteiger partial charge in [0, 0.05) is 19.1 Å². The predicted octanol–water partition coefficient (Wildman–Crippen LogP) is 2.07. The van der Waals surface area contributed by atoms with Crippen molar-refractivity contribution >= 4 is 12.0 Å². The lowest BCUT2D eigenvalue weighted by Crippen LogP contribution is -2.46. The average molecular weight is 280 g/mol. The molecule has 3 aliphatic rings. The third kappa shape index (κ3) is 2.07. The lowest BCUT2D eigenvalue weighted by molar-refractivity contribution is -0.149. The summed E-state index contributed by atoms with van der Waals surface area (Å²) in [6, 6.07) is 0.211. The minimum atomic E-state index is -0.718. The number of aliphatic carboxylic acids is 1. The Balaban J connectivity index is 1.64. The first kappa shape index (κ1) is 13.7. The van der Waals surface area contributed by atoms with E-state index in [1.165, 1.54) is 12.8 Å². The third-order valence-corrected chi connectivity index (χ3v) is 5.75. The molecule has 20 heavy (non-hydrogen) atoms. The Hall–Kier alpha value is -1.26. The molecule has 1 saturated heterocycles. The van der Waals surface area contributed by atoms with Crippen LogP contribution in [0.15, 0.2) is 0 Å². The van der Waals surface area contributed by atoms with E-state index >= 15 is 0 Å². The number of nitrogens with zero attached hydrogens (tertiary/aromatic N) is 1. The van der Waals surface area contributed by atoms with Gasteiger partial charge in [-0.3, -0.25) is 4.79 Å². The molecule has 1 aliphatic heterocycles. The van der Waals surface area contributed by atoms with Crippen LogP contribution in [0.5, 0.6) is 0 Å². The van der Waals surface area contributed by atoms with Crippen molar-refractivity contribution in [1.82, 2.24) is 10.2 Å². The molecule has 0 aromatic heterocycles. The number of likely N-dealkylation sites (tertiary alicyclic amines) is 1. The van der Waals surface area contributed by atoms with Crippen LogP contribution < -0.4 is 5.32 Å². The van der Waals surface area contributed by atoms with Crippen molar-refractivity contribution < 1.29 is 14.7 Å². The van der Waals surface area contributed by atoms with E-state index in [1.54, 1.807) is 4.90 Å². The predicted molar refractivity (Wildman–Crippen MR) is 74.3 cm³/mol. The number of urea groups is 1. The largest absolute Gasteiger partial charge is 0.481 e. The van der Waals surface area contributed by atoms with Crippen molar-refractivity contribution in [2.45, 2.75) is 51.5 Å². The molecule has 1 heterocycles. The van der Waals surface area contributed by atoms with E-state index in [2.05, 4.69) is 12.2 Å². The van der Waals surface area contributed by atoms with Gasteiger partial charge in [-0.25, -0.2) is 4.79 Å². The highest BCUT2D eigenvalue weighted by atomic mass is 16.4. The number of rotatable bonds is 2. The van der Waals surface area contributed by atoms with Crippen molar-refractivity contribution in [3.05, 3.63) is 0 Å². The van der Waals surface area contributed by atoms with Gasteiger partial charge in [0.05, 0.1) is 5.41 Å². The van der Waals surface area contributed by atoms with Gasteiger partial charge in [0.1, 0.15) is 0 Å². The van der Waals surface area contributed by atoms with Crippen molar-refractivity contribution in [2.24, 2.45) is 17.3 Å². The lowest BCUT2D eigenvalue weighted by Gasteiger charge is -2.25. The SMILES string of the molecule is CC1CCCC1NC(=O)N1C[C@@H]2CCC[C@@]2(C(=O)O)C1. The molecule has 5 nitrogen and oxygen atoms in total. The van der Waals surface area contributed by atoms with Gasteiger partial charge >= 0.3 is 12.0 Å². The van der Waals surface area contributed by atoms with Crippen LogP contribution in [0, 0.1) is 17.3 Å². The van der Waals surface area contributed by atoms with Crippen LogP contribution in [0.25, 0.3) is 0 Å². The zero-order valence-electron chi connectivity index (χ0n) is 12.1. The highest BCUT2D eigenvalue weighted by Gasteiger charge is 2.55. The second kappa shape index (κ2) is 4.93. The molecule has 2 aliphatic carbocycles. The van der Waals surface area contributed by atoms with Gasteiger partial charge < -0.3 is 15.3 Å². The smallest absolute Gasteiger partial charge is 0.317 e. The fraction of sp³-hybridized carbons (Fsp3) is 0.867. The number of amides is 2. The summed E-state index contributed by atoms with van der Waals surface area (Å²) in [6.07, 6.45) is 6.04. The first-order valence-corrected chi connectivity index (χ1v) is 7.82. The Morgan fingerprint density at radius 1 is 1.25 bits per heavy atom. The van der Waals surface area contributed by atoms with Crippen molar-refractivity contribution in [1.29, 1.82) is 0 Å². The van der Waals surface area contributed by atoms with Crippen LogP contribution in [0.3, 0.4) is 0 Å². The Labute approximate surface area is 119 Å². The lowest BCUT2D eigenvalue weighted by atomic mass is 9.81. The number of hydrogen-bond acceptors (Lipinski definition) is 2. The average Bonchev–Trinajstić information content (AvgIpc) is 3.03. The zero-order valence-corrected chi connectivity index (χ0v) is 12.1. The van der Waals surface area contributed by atoms with E-state index in [-0.39, 0.29) is 18.0 Å². The topological polar surface area (TPSA) is 69.6 Å². The minimum absolute atomic E-state index is 0.0567. The van der Waals surface area contributed by atoms with Gasteiger partial charge in [0.15, 0.2) is 0 Å². The number of carboxylic acids is 1. The van der Waals surface area contributed by atoms with Crippen molar-refractivity contribution in [3.8, 4) is 0 Å². The molecule has 2 amide bonds. The summed E-state index contributed by atoms with van der Waals surface area (Å²) in [5.74, 6) is -0.0363. The molecule has 0 aromatic rings. The van der Waals surface area contributed by atoms with Crippen LogP contribution in [0.4, 0.5) is 4.79 Å². The highest BCUT2D eigenvalue weighted by molar-refractivity contribution is 5.80. The van der Waals surface area contributed by atoms with Gasteiger partial charge in [0.25, 0.3) is 0 Å². The van der Waals surface area contributed by atoms with E-state index < -0.39 is 11.4 Å². The van der Waals surface area contributed by atoms with E-state index in [0.29, 0.717) is 19.0 Å². The Morgan fingerprint density at radius 3 is 2.65 bits per heavy atom. The molecule has 5 heteroatoms. The number of carbonyl (C=O) groups is 2. The highest BCUT2D eigenvalue weighted by Crippen LogP contribution is 2.48. The summed E-state index contributed by atoms with van der Waals surface area (Å²) < 4.78 is 0. The van der Waals surface area contributed by atoms with E-state index in [1.807, 2.05) is 0 Å². The second-order valence-corrected chi connectivity index (χ2v) is 6.90. The molecule has 112 valence electrons. The number of carboxylic acid groups (broad SMARTS) is 1. The number of fused-ring (bicyclic) bond motifs is 1. The van der Waals surface area contributed by atoms with E-state index in [0.717, 1.165) is 25.7 Å². The van der Waals surface area contributed by atoms with Gasteiger partial charge in [-0.1, -0.05) is 19.8 Å². The maximum atomic E-state index is 12.4. The Kier molecular flexibility index (Phi) is 3.38. The molecule has 0 aromatic carbocycles. The molecular formula is C15H24N2O3. The molecule has 3 rings (SSSR count). The fourth-order valence-electron chi connectivity index (χ4n) is 4.40. The fourth-order valence-corrected chi connectivity index (χ4v) is 4.40. The summed E-state index contributed by atoms with van der Waals surface area (Å²) in [5.41, 5.74) is -0.668. The summed E-state index contributed by atoms with van der Waals surface area (Å²) in [6.45, 7) is 3.18. The number of hydrogen-bond donors (Lipinski definition) is 2. The normalized spacial score (nSPS) is 39.9. The molecule has 0 spiro atoms. The quantitative estimate of drug-likeness (QED) is 0.813. The number of carbonyl (C=O) groups excluding carboxylic acids is 1. The molecule has 4 atom stereocenters. The molecule has 2 saturated carbocycles. The molecular weight excluding hydrogens is 256 g/mol. The first-order chi connectivity index (χ1) is 9.53. The van der Waals surface area contributed by atoms with Gasteiger partial charge in [-0.05, 0) is 37.5 Å². The molecule has 0 radical (unpaired) electrons. The van der Waals surface area contributed by atoms with Crippen LogP contribution in [-0.4, -0.2) is 41.1 Å². The Morgan fingerprint density at radius 2 is 2.05 bits per heavy atom. The Bertz CT molecular complexity index is 425.